The zero-order valence-electron chi connectivity index (χ0n) is 17.9. The van der Waals surface area contributed by atoms with Crippen molar-refractivity contribution in [2.75, 3.05) is 38.6 Å². The summed E-state index contributed by atoms with van der Waals surface area (Å²) in [6.07, 6.45) is 2.45. The van der Waals surface area contributed by atoms with E-state index in [2.05, 4.69) is 33.2 Å². The molecule has 2 fully saturated rings. The van der Waals surface area contributed by atoms with Gasteiger partial charge in [0, 0.05) is 45.6 Å². The molecule has 3 atom stereocenters. The van der Waals surface area contributed by atoms with E-state index in [1.165, 1.54) is 6.07 Å². The monoisotopic (exact) mass is 423 g/mol. The van der Waals surface area contributed by atoms with Crippen LogP contribution in [0.2, 0.25) is 0 Å². The number of likely N-dealkylation sites (tertiary alicyclic amines) is 1. The van der Waals surface area contributed by atoms with Crippen molar-refractivity contribution in [3.63, 3.8) is 0 Å². The van der Waals surface area contributed by atoms with Gasteiger partial charge < -0.3 is 14.7 Å². The number of anilines is 1. The second-order valence-electron chi connectivity index (χ2n) is 8.63. The third-order valence-electron chi connectivity index (χ3n) is 6.48. The minimum atomic E-state index is -0.278. The predicted octanol–water partition coefficient (Wildman–Crippen LogP) is 2.62. The summed E-state index contributed by atoms with van der Waals surface area (Å²) in [5.41, 5.74) is 3.58. The van der Waals surface area contributed by atoms with E-state index in [9.17, 15) is 9.18 Å². The molecule has 8 nitrogen and oxygen atoms in total. The van der Waals surface area contributed by atoms with Crippen molar-refractivity contribution < 1.29 is 9.18 Å². The van der Waals surface area contributed by atoms with Crippen molar-refractivity contribution >= 4 is 17.4 Å². The molecule has 5 rings (SSSR count). The number of carbonyl (C=O) groups excluding carboxylic acids is 1. The number of amides is 2. The summed E-state index contributed by atoms with van der Waals surface area (Å²) in [5.74, 6) is 0.213. The maximum Gasteiger partial charge on any atom is 0.320 e. The molecule has 0 spiro atoms. The highest BCUT2D eigenvalue weighted by Crippen LogP contribution is 2.46. The Kier molecular flexibility index (Phi) is 4.75. The largest absolute Gasteiger partial charge is 0.368 e. The Morgan fingerprint density at radius 3 is 2.81 bits per heavy atom. The van der Waals surface area contributed by atoms with Crippen molar-refractivity contribution in [1.82, 2.24) is 29.6 Å². The normalized spacial score (nSPS) is 22.9. The zero-order chi connectivity index (χ0) is 21.7. The van der Waals surface area contributed by atoms with Gasteiger partial charge in [-0.2, -0.15) is 9.61 Å². The molecule has 1 aromatic carbocycles. The standard InChI is InChI=1S/C22H26FN7O/c1-4-17-9-19(21-25-24-13-30(21)26-17)28-10-15-11-29(22(31)27(2)3)20(18(15)12-28)14-6-5-7-16(23)8-14/h5-9,13,15,18,20H,4,10-12H2,1-3H3/t15-,18-,20-/m1/s1. The first-order valence-corrected chi connectivity index (χ1v) is 10.6. The van der Waals surface area contributed by atoms with E-state index in [0.717, 1.165) is 42.1 Å². The average molecular weight is 423 g/mol. The first kappa shape index (κ1) is 19.7. The van der Waals surface area contributed by atoms with Crippen LogP contribution in [-0.4, -0.2) is 69.4 Å². The molecule has 3 aromatic rings. The molecule has 31 heavy (non-hydrogen) atoms. The molecule has 2 aromatic heterocycles. The topological polar surface area (TPSA) is 69.9 Å². The maximum absolute atomic E-state index is 14.1. The van der Waals surface area contributed by atoms with E-state index in [-0.39, 0.29) is 23.8 Å². The van der Waals surface area contributed by atoms with Crippen LogP contribution in [0.1, 0.15) is 24.2 Å². The van der Waals surface area contributed by atoms with Crippen LogP contribution in [0.4, 0.5) is 14.9 Å². The lowest BCUT2D eigenvalue weighted by Gasteiger charge is -2.32. The minimum absolute atomic E-state index is 0.0350. The van der Waals surface area contributed by atoms with Crippen LogP contribution in [0.25, 0.3) is 5.65 Å². The van der Waals surface area contributed by atoms with Crippen LogP contribution < -0.4 is 4.90 Å². The molecule has 0 unspecified atom stereocenters. The number of benzene rings is 1. The molecule has 2 aliphatic rings. The lowest BCUT2D eigenvalue weighted by molar-refractivity contribution is 0.159. The first-order valence-electron chi connectivity index (χ1n) is 10.6. The number of aromatic nitrogens is 4. The number of hydrogen-bond donors (Lipinski definition) is 0. The lowest BCUT2D eigenvalue weighted by Crippen LogP contribution is -2.41. The summed E-state index contributed by atoms with van der Waals surface area (Å²) >= 11 is 0. The van der Waals surface area contributed by atoms with Crippen molar-refractivity contribution in [3.8, 4) is 0 Å². The third-order valence-corrected chi connectivity index (χ3v) is 6.48. The van der Waals surface area contributed by atoms with E-state index >= 15 is 0 Å². The van der Waals surface area contributed by atoms with Gasteiger partial charge in [-0.1, -0.05) is 19.1 Å². The number of nitrogens with zero attached hydrogens (tertiary/aromatic N) is 7. The van der Waals surface area contributed by atoms with Crippen molar-refractivity contribution in [3.05, 3.63) is 53.7 Å². The fourth-order valence-electron chi connectivity index (χ4n) is 5.08. The van der Waals surface area contributed by atoms with Crippen LogP contribution in [0, 0.1) is 17.7 Å². The quantitative estimate of drug-likeness (QED) is 0.648. The predicted molar refractivity (Wildman–Crippen MR) is 114 cm³/mol. The minimum Gasteiger partial charge on any atom is -0.368 e. The highest BCUT2D eigenvalue weighted by Gasteiger charge is 2.50. The van der Waals surface area contributed by atoms with Gasteiger partial charge in [-0.3, -0.25) is 0 Å². The summed E-state index contributed by atoms with van der Waals surface area (Å²) in [6.45, 7) is 4.29. The molecule has 0 radical (unpaired) electrons. The molecule has 0 bridgehead atoms. The summed E-state index contributed by atoms with van der Waals surface area (Å²) in [5, 5.41) is 12.9. The van der Waals surface area contributed by atoms with Crippen molar-refractivity contribution in [1.29, 1.82) is 0 Å². The zero-order valence-corrected chi connectivity index (χ0v) is 17.9. The van der Waals surface area contributed by atoms with Crippen LogP contribution in [0.15, 0.2) is 36.7 Å². The van der Waals surface area contributed by atoms with Gasteiger partial charge in [0.1, 0.15) is 12.1 Å². The highest BCUT2D eigenvalue weighted by atomic mass is 19.1. The summed E-state index contributed by atoms with van der Waals surface area (Å²) in [6, 6.07) is 8.54. The summed E-state index contributed by atoms with van der Waals surface area (Å²) in [4.78, 5) is 18.8. The average Bonchev–Trinajstić information content (AvgIpc) is 3.46. The van der Waals surface area contributed by atoms with Crippen molar-refractivity contribution in [2.45, 2.75) is 19.4 Å². The molecule has 0 N–H and O–H groups in total. The molecular formula is C22H26FN7O. The van der Waals surface area contributed by atoms with E-state index in [1.54, 1.807) is 42.0 Å². The van der Waals surface area contributed by atoms with Crippen LogP contribution in [0.3, 0.4) is 0 Å². The Labute approximate surface area is 180 Å². The number of rotatable bonds is 3. The summed E-state index contributed by atoms with van der Waals surface area (Å²) in [7, 11) is 3.52. The summed E-state index contributed by atoms with van der Waals surface area (Å²) < 4.78 is 15.8. The Balaban J connectivity index is 1.51. The Bertz CT molecular complexity index is 1130. The smallest absolute Gasteiger partial charge is 0.320 e. The van der Waals surface area contributed by atoms with Gasteiger partial charge in [-0.05, 0) is 30.2 Å². The molecule has 2 aliphatic heterocycles. The van der Waals surface area contributed by atoms with Gasteiger partial charge in [0.05, 0.1) is 17.4 Å². The second kappa shape index (κ2) is 7.47. The maximum atomic E-state index is 14.1. The fraction of sp³-hybridized carbons (Fsp3) is 0.455. The van der Waals surface area contributed by atoms with Gasteiger partial charge in [0.25, 0.3) is 0 Å². The van der Waals surface area contributed by atoms with E-state index < -0.39 is 0 Å². The molecule has 4 heterocycles. The third kappa shape index (κ3) is 3.28. The molecule has 9 heteroatoms. The number of fused-ring (bicyclic) bond motifs is 2. The van der Waals surface area contributed by atoms with Crippen LogP contribution in [-0.2, 0) is 6.42 Å². The van der Waals surface area contributed by atoms with E-state index in [4.69, 9.17) is 0 Å². The van der Waals surface area contributed by atoms with Gasteiger partial charge >= 0.3 is 6.03 Å². The highest BCUT2D eigenvalue weighted by molar-refractivity contribution is 5.75. The Morgan fingerprint density at radius 2 is 2.06 bits per heavy atom. The Hall–Kier alpha value is -3.23. The number of hydrogen-bond acceptors (Lipinski definition) is 5. The lowest BCUT2D eigenvalue weighted by atomic mass is 9.89. The van der Waals surface area contributed by atoms with Crippen LogP contribution in [0.5, 0.6) is 0 Å². The number of halogens is 1. The van der Waals surface area contributed by atoms with E-state index in [1.807, 2.05) is 11.0 Å². The van der Waals surface area contributed by atoms with Crippen LogP contribution >= 0.6 is 0 Å². The fourth-order valence-corrected chi connectivity index (χ4v) is 5.08. The second-order valence-corrected chi connectivity index (χ2v) is 8.63. The number of urea groups is 1. The molecular weight excluding hydrogens is 397 g/mol. The first-order chi connectivity index (χ1) is 15.0. The van der Waals surface area contributed by atoms with Gasteiger partial charge in [0.15, 0.2) is 0 Å². The number of carbonyl (C=O) groups is 1. The molecule has 2 saturated heterocycles. The van der Waals surface area contributed by atoms with Gasteiger partial charge in [-0.25, -0.2) is 9.18 Å². The molecule has 0 aliphatic carbocycles. The Morgan fingerprint density at radius 1 is 1.23 bits per heavy atom. The van der Waals surface area contributed by atoms with E-state index in [0.29, 0.717) is 12.5 Å². The van der Waals surface area contributed by atoms with Gasteiger partial charge in [-0.15, -0.1) is 10.2 Å². The molecule has 2 amide bonds. The van der Waals surface area contributed by atoms with Crippen molar-refractivity contribution in [2.24, 2.45) is 11.8 Å². The number of aryl methyl sites for hydroxylation is 1. The molecule has 0 saturated carbocycles. The molecule has 162 valence electrons. The van der Waals surface area contributed by atoms with Gasteiger partial charge in [0.2, 0.25) is 5.65 Å². The SMILES string of the molecule is CCc1cc(N2C[C@@H]3CN(C(=O)N(C)C)[C@H](c4cccc(F)c4)[C@@H]3C2)c2nncn2n1.